The molecule has 1 aromatic rings. The van der Waals surface area contributed by atoms with E-state index in [1.165, 1.54) is 0 Å². The van der Waals surface area contributed by atoms with Crippen molar-refractivity contribution in [2.75, 3.05) is 6.54 Å². The molecule has 0 radical (unpaired) electrons. The molecule has 1 unspecified atom stereocenters. The fraction of sp³-hybridized carbons (Fsp3) is 0.385. The quantitative estimate of drug-likeness (QED) is 0.816. The van der Waals surface area contributed by atoms with Crippen molar-refractivity contribution in [3.63, 3.8) is 0 Å². The molecule has 17 heavy (non-hydrogen) atoms. The molecule has 0 saturated heterocycles. The van der Waals surface area contributed by atoms with Gasteiger partial charge in [-0.3, -0.25) is 9.59 Å². The number of carbonyl (C=O) groups excluding carboxylic acids is 1. The van der Waals surface area contributed by atoms with Gasteiger partial charge in [-0.2, -0.15) is 0 Å². The Hall–Kier alpha value is -1.84. The number of carbonyl (C=O) groups is 2. The number of hydrogen-bond acceptors (Lipinski definition) is 2. The van der Waals surface area contributed by atoms with Crippen molar-refractivity contribution in [3.05, 3.63) is 35.4 Å². The summed E-state index contributed by atoms with van der Waals surface area (Å²) in [6, 6.07) is 7.33. The molecule has 0 aliphatic rings. The summed E-state index contributed by atoms with van der Waals surface area (Å²) < 4.78 is 0. The van der Waals surface area contributed by atoms with Gasteiger partial charge in [-0.25, -0.2) is 0 Å². The molecule has 0 aliphatic heterocycles. The average Bonchev–Trinajstić information content (AvgIpc) is 2.28. The predicted molar refractivity (Wildman–Crippen MR) is 64.9 cm³/mol. The first-order valence-electron chi connectivity index (χ1n) is 5.60. The molecule has 0 heterocycles. The lowest BCUT2D eigenvalue weighted by molar-refractivity contribution is -0.138. The van der Waals surface area contributed by atoms with Gasteiger partial charge in [0, 0.05) is 13.0 Å². The summed E-state index contributed by atoms with van der Waals surface area (Å²) in [7, 11) is 0. The summed E-state index contributed by atoms with van der Waals surface area (Å²) >= 11 is 0. The third-order valence-corrected chi connectivity index (χ3v) is 2.57. The van der Waals surface area contributed by atoms with Crippen LogP contribution in [0.5, 0.6) is 0 Å². The molecule has 2 N–H and O–H groups in total. The van der Waals surface area contributed by atoms with Crippen molar-refractivity contribution >= 4 is 11.9 Å². The largest absolute Gasteiger partial charge is 0.481 e. The van der Waals surface area contributed by atoms with Crippen LogP contribution in [0.2, 0.25) is 0 Å². The Balaban J connectivity index is 2.79. The molecular weight excluding hydrogens is 218 g/mol. The van der Waals surface area contributed by atoms with Crippen molar-refractivity contribution in [2.24, 2.45) is 0 Å². The smallest absolute Gasteiger partial charge is 0.312 e. The monoisotopic (exact) mass is 235 g/mol. The van der Waals surface area contributed by atoms with Crippen LogP contribution >= 0.6 is 0 Å². The maximum atomic E-state index is 11.2. The zero-order valence-corrected chi connectivity index (χ0v) is 10.1. The first kappa shape index (κ1) is 13.2. The molecule has 0 saturated carbocycles. The second kappa shape index (κ2) is 6.03. The van der Waals surface area contributed by atoms with Gasteiger partial charge in [0.2, 0.25) is 5.91 Å². The normalized spacial score (nSPS) is 11.9. The SMILES string of the molecule is CCC(=O)NCC(C(=O)O)c1cccc(C)c1. The first-order chi connectivity index (χ1) is 8.04. The van der Waals surface area contributed by atoms with Crippen LogP contribution in [0.1, 0.15) is 30.4 Å². The van der Waals surface area contributed by atoms with Crippen molar-refractivity contribution in [2.45, 2.75) is 26.2 Å². The van der Waals surface area contributed by atoms with E-state index in [0.29, 0.717) is 12.0 Å². The van der Waals surface area contributed by atoms with Crippen molar-refractivity contribution in [1.29, 1.82) is 0 Å². The number of nitrogens with one attached hydrogen (secondary N) is 1. The molecule has 1 amide bonds. The molecule has 92 valence electrons. The Morgan fingerprint density at radius 2 is 2.12 bits per heavy atom. The van der Waals surface area contributed by atoms with Crippen LogP contribution in [0.15, 0.2) is 24.3 Å². The Bertz CT molecular complexity index is 415. The van der Waals surface area contributed by atoms with E-state index in [4.69, 9.17) is 5.11 Å². The molecule has 0 spiro atoms. The van der Waals surface area contributed by atoms with E-state index >= 15 is 0 Å². The fourth-order valence-corrected chi connectivity index (χ4v) is 1.58. The van der Waals surface area contributed by atoms with Crippen molar-refractivity contribution in [3.8, 4) is 0 Å². The van der Waals surface area contributed by atoms with Crippen molar-refractivity contribution < 1.29 is 14.7 Å². The van der Waals surface area contributed by atoms with E-state index in [1.54, 1.807) is 13.0 Å². The Morgan fingerprint density at radius 3 is 2.65 bits per heavy atom. The van der Waals surface area contributed by atoms with E-state index < -0.39 is 11.9 Å². The summed E-state index contributed by atoms with van der Waals surface area (Å²) in [5.74, 6) is -1.75. The molecule has 0 aliphatic carbocycles. The number of benzene rings is 1. The third kappa shape index (κ3) is 3.90. The molecule has 4 heteroatoms. The van der Waals surface area contributed by atoms with Crippen LogP contribution in [-0.2, 0) is 9.59 Å². The van der Waals surface area contributed by atoms with Gasteiger partial charge in [0.15, 0.2) is 0 Å². The van der Waals surface area contributed by atoms with Crippen LogP contribution < -0.4 is 5.32 Å². The van der Waals surface area contributed by atoms with Crippen LogP contribution in [0.25, 0.3) is 0 Å². The van der Waals surface area contributed by atoms with Gasteiger partial charge in [0.25, 0.3) is 0 Å². The average molecular weight is 235 g/mol. The summed E-state index contributed by atoms with van der Waals surface area (Å²) in [4.78, 5) is 22.3. The lowest BCUT2D eigenvalue weighted by atomic mass is 9.97. The van der Waals surface area contributed by atoms with E-state index in [2.05, 4.69) is 5.32 Å². The zero-order valence-electron chi connectivity index (χ0n) is 10.1. The lowest BCUT2D eigenvalue weighted by Crippen LogP contribution is -2.31. The van der Waals surface area contributed by atoms with E-state index in [0.717, 1.165) is 5.56 Å². The standard InChI is InChI=1S/C13H17NO3/c1-3-12(15)14-8-11(13(16)17)10-6-4-5-9(2)7-10/h4-7,11H,3,8H2,1-2H3,(H,14,15)(H,16,17). The fourth-order valence-electron chi connectivity index (χ4n) is 1.58. The lowest BCUT2D eigenvalue weighted by Gasteiger charge is -2.14. The number of aliphatic carboxylic acids is 1. The maximum Gasteiger partial charge on any atom is 0.312 e. The van der Waals surface area contributed by atoms with Gasteiger partial charge in [-0.1, -0.05) is 36.8 Å². The highest BCUT2D eigenvalue weighted by Gasteiger charge is 2.20. The number of hydrogen-bond donors (Lipinski definition) is 2. The van der Waals surface area contributed by atoms with Gasteiger partial charge in [0.1, 0.15) is 0 Å². The van der Waals surface area contributed by atoms with Gasteiger partial charge >= 0.3 is 5.97 Å². The first-order valence-corrected chi connectivity index (χ1v) is 5.60. The molecule has 1 rings (SSSR count). The predicted octanol–water partition coefficient (Wildman–Crippen LogP) is 1.69. The van der Waals surface area contributed by atoms with Crippen LogP contribution in [0.4, 0.5) is 0 Å². The topological polar surface area (TPSA) is 66.4 Å². The summed E-state index contributed by atoms with van der Waals surface area (Å²) in [5.41, 5.74) is 1.73. The highest BCUT2D eigenvalue weighted by atomic mass is 16.4. The molecular formula is C13H17NO3. The second-order valence-corrected chi connectivity index (χ2v) is 3.96. The molecule has 1 aromatic carbocycles. The highest BCUT2D eigenvalue weighted by molar-refractivity contribution is 5.79. The third-order valence-electron chi connectivity index (χ3n) is 2.57. The number of carboxylic acid groups (broad SMARTS) is 1. The maximum absolute atomic E-state index is 11.2. The molecule has 1 atom stereocenters. The van der Waals surface area contributed by atoms with Gasteiger partial charge in [0.05, 0.1) is 5.92 Å². The molecule has 0 fully saturated rings. The minimum Gasteiger partial charge on any atom is -0.481 e. The second-order valence-electron chi connectivity index (χ2n) is 3.96. The number of rotatable bonds is 5. The number of aryl methyl sites for hydroxylation is 1. The molecule has 0 aromatic heterocycles. The minimum absolute atomic E-state index is 0.130. The molecule has 4 nitrogen and oxygen atoms in total. The molecule has 0 bridgehead atoms. The van der Waals surface area contributed by atoms with Crippen LogP contribution in [-0.4, -0.2) is 23.5 Å². The van der Waals surface area contributed by atoms with Gasteiger partial charge in [-0.15, -0.1) is 0 Å². The summed E-state index contributed by atoms with van der Waals surface area (Å²) in [6.07, 6.45) is 0.361. The van der Waals surface area contributed by atoms with Gasteiger partial charge < -0.3 is 10.4 Å². The highest BCUT2D eigenvalue weighted by Crippen LogP contribution is 2.16. The van der Waals surface area contributed by atoms with Crippen LogP contribution in [0, 0.1) is 6.92 Å². The van der Waals surface area contributed by atoms with E-state index in [9.17, 15) is 9.59 Å². The van der Waals surface area contributed by atoms with E-state index in [1.807, 2.05) is 25.1 Å². The Kier molecular flexibility index (Phi) is 4.69. The zero-order chi connectivity index (χ0) is 12.8. The van der Waals surface area contributed by atoms with E-state index in [-0.39, 0.29) is 12.5 Å². The summed E-state index contributed by atoms with van der Waals surface area (Å²) in [6.45, 7) is 3.77. The van der Waals surface area contributed by atoms with Crippen molar-refractivity contribution in [1.82, 2.24) is 5.32 Å². The minimum atomic E-state index is -0.924. The Labute approximate surface area is 101 Å². The van der Waals surface area contributed by atoms with Crippen LogP contribution in [0.3, 0.4) is 0 Å². The van der Waals surface area contributed by atoms with Gasteiger partial charge in [-0.05, 0) is 12.5 Å². The number of carboxylic acids is 1. The number of amides is 1. The summed E-state index contributed by atoms with van der Waals surface area (Å²) in [5, 5.41) is 11.8. The Morgan fingerprint density at radius 1 is 1.41 bits per heavy atom.